The van der Waals surface area contributed by atoms with Crippen molar-refractivity contribution in [1.29, 1.82) is 0 Å². The van der Waals surface area contributed by atoms with E-state index >= 15 is 0 Å². The molecule has 1 heterocycles. The van der Waals surface area contributed by atoms with Crippen LogP contribution in [0.1, 0.15) is 6.42 Å². The molecule has 0 bridgehead atoms. The van der Waals surface area contributed by atoms with Gasteiger partial charge in [-0.1, -0.05) is 12.1 Å². The summed E-state index contributed by atoms with van der Waals surface area (Å²) in [6.45, 7) is -0.436. The smallest absolute Gasteiger partial charge is 0.227 e. The number of rotatable bonds is 5. The Hall–Kier alpha value is -2.11. The lowest BCUT2D eigenvalue weighted by Gasteiger charge is -2.19. The molecule has 1 fully saturated rings. The molecule has 0 aliphatic carbocycles. The molecular formula is C13H15FN2O3. The summed E-state index contributed by atoms with van der Waals surface area (Å²) in [5, 5.41) is 0. The molecule has 1 unspecified atom stereocenters. The van der Waals surface area contributed by atoms with Gasteiger partial charge in [-0.3, -0.25) is 9.59 Å². The van der Waals surface area contributed by atoms with E-state index in [4.69, 9.17) is 10.5 Å². The van der Waals surface area contributed by atoms with Gasteiger partial charge in [0.2, 0.25) is 11.8 Å². The largest absolute Gasteiger partial charge is 0.489 e. The van der Waals surface area contributed by atoms with Crippen LogP contribution in [0.15, 0.2) is 24.3 Å². The number of halogens is 1. The van der Waals surface area contributed by atoms with Gasteiger partial charge in [0.05, 0.1) is 11.6 Å². The number of amides is 2. The van der Waals surface area contributed by atoms with E-state index in [1.165, 1.54) is 4.90 Å². The number of carbonyl (C=O) groups excluding carboxylic acids is 2. The zero-order valence-corrected chi connectivity index (χ0v) is 10.3. The molecular weight excluding hydrogens is 251 g/mol. The molecule has 1 aliphatic heterocycles. The van der Waals surface area contributed by atoms with Gasteiger partial charge in [0, 0.05) is 13.0 Å². The first kappa shape index (κ1) is 13.3. The van der Waals surface area contributed by atoms with Gasteiger partial charge in [-0.15, -0.1) is 0 Å². The monoisotopic (exact) mass is 266 g/mol. The third-order valence-corrected chi connectivity index (χ3v) is 3.02. The summed E-state index contributed by atoms with van der Waals surface area (Å²) < 4.78 is 17.4. The third kappa shape index (κ3) is 2.83. The summed E-state index contributed by atoms with van der Waals surface area (Å²) in [4.78, 5) is 24.5. The maximum absolute atomic E-state index is 12.2. The molecule has 6 heteroatoms. The van der Waals surface area contributed by atoms with Crippen LogP contribution < -0.4 is 15.4 Å². The number of ether oxygens (including phenoxy) is 1. The number of carbonyl (C=O) groups is 2. The first-order chi connectivity index (χ1) is 9.13. The highest BCUT2D eigenvalue weighted by molar-refractivity contribution is 6.01. The first-order valence-electron chi connectivity index (χ1n) is 6.01. The lowest BCUT2D eigenvalue weighted by molar-refractivity contribution is -0.123. The van der Waals surface area contributed by atoms with Crippen molar-refractivity contribution in [2.75, 3.05) is 24.7 Å². The molecule has 0 saturated carbocycles. The van der Waals surface area contributed by atoms with Gasteiger partial charge in [-0.25, -0.2) is 4.39 Å². The number of hydrogen-bond donors (Lipinski definition) is 1. The van der Waals surface area contributed by atoms with Crippen LogP contribution in [0.2, 0.25) is 0 Å². The number of primary amides is 1. The number of hydrogen-bond acceptors (Lipinski definition) is 3. The Kier molecular flexibility index (Phi) is 3.99. The maximum atomic E-state index is 12.2. The number of benzene rings is 1. The summed E-state index contributed by atoms with van der Waals surface area (Å²) in [5.41, 5.74) is 5.77. The second-order valence-electron chi connectivity index (χ2n) is 4.31. The summed E-state index contributed by atoms with van der Waals surface area (Å²) in [7, 11) is 0. The minimum Gasteiger partial charge on any atom is -0.489 e. The van der Waals surface area contributed by atoms with Crippen molar-refractivity contribution < 1.29 is 18.7 Å². The second-order valence-corrected chi connectivity index (χ2v) is 4.31. The fourth-order valence-electron chi connectivity index (χ4n) is 2.08. The number of para-hydroxylation sites is 2. The summed E-state index contributed by atoms with van der Waals surface area (Å²) in [5.74, 6) is -0.724. The molecule has 102 valence electrons. The van der Waals surface area contributed by atoms with Crippen LogP contribution in [0, 0.1) is 5.92 Å². The lowest BCUT2D eigenvalue weighted by Crippen LogP contribution is -2.28. The van der Waals surface area contributed by atoms with Crippen LogP contribution in [0.5, 0.6) is 5.75 Å². The topological polar surface area (TPSA) is 72.6 Å². The molecule has 19 heavy (non-hydrogen) atoms. The highest BCUT2D eigenvalue weighted by atomic mass is 19.1. The van der Waals surface area contributed by atoms with Crippen molar-refractivity contribution in [3.63, 3.8) is 0 Å². The van der Waals surface area contributed by atoms with E-state index in [1.807, 2.05) is 0 Å². The van der Waals surface area contributed by atoms with Gasteiger partial charge in [0.1, 0.15) is 19.0 Å². The SMILES string of the molecule is NC(=O)C1CC(=O)N(c2ccccc2OCCF)C1. The standard InChI is InChI=1S/C13H15FN2O3/c14-5-6-19-11-4-2-1-3-10(11)16-8-9(13(15)18)7-12(16)17/h1-4,9H,5-8H2,(H2,15,18). The Morgan fingerprint density at radius 1 is 1.47 bits per heavy atom. The average Bonchev–Trinajstić information content (AvgIpc) is 2.79. The van der Waals surface area contributed by atoms with E-state index in [1.54, 1.807) is 24.3 Å². The van der Waals surface area contributed by atoms with Crippen molar-refractivity contribution in [3.05, 3.63) is 24.3 Å². The van der Waals surface area contributed by atoms with Crippen molar-refractivity contribution in [3.8, 4) is 5.75 Å². The molecule has 2 rings (SSSR count). The minimum absolute atomic E-state index is 0.0711. The van der Waals surface area contributed by atoms with E-state index in [9.17, 15) is 14.0 Å². The van der Waals surface area contributed by atoms with Crippen LogP contribution >= 0.6 is 0 Å². The van der Waals surface area contributed by atoms with Crippen molar-refractivity contribution in [2.24, 2.45) is 11.7 Å². The highest BCUT2D eigenvalue weighted by Crippen LogP contribution is 2.32. The summed E-state index contributed by atoms with van der Waals surface area (Å²) in [6, 6.07) is 6.86. The Labute approximate surface area is 110 Å². The van der Waals surface area contributed by atoms with E-state index < -0.39 is 18.5 Å². The van der Waals surface area contributed by atoms with Gasteiger partial charge in [-0.05, 0) is 12.1 Å². The molecule has 1 aromatic carbocycles. The molecule has 2 N–H and O–H groups in total. The molecule has 5 nitrogen and oxygen atoms in total. The number of alkyl halides is 1. The van der Waals surface area contributed by atoms with Crippen LogP contribution in [0.25, 0.3) is 0 Å². The van der Waals surface area contributed by atoms with Gasteiger partial charge < -0.3 is 15.4 Å². The minimum atomic E-state index is -0.605. The van der Waals surface area contributed by atoms with Gasteiger partial charge >= 0.3 is 0 Å². The predicted octanol–water partition coefficient (Wildman–Crippen LogP) is 0.873. The summed E-state index contributed by atoms with van der Waals surface area (Å²) >= 11 is 0. The fourth-order valence-corrected chi connectivity index (χ4v) is 2.08. The van der Waals surface area contributed by atoms with Gasteiger partial charge in [0.25, 0.3) is 0 Å². The quantitative estimate of drug-likeness (QED) is 0.859. The number of nitrogens with zero attached hydrogens (tertiary/aromatic N) is 1. The van der Waals surface area contributed by atoms with E-state index in [-0.39, 0.29) is 25.5 Å². The molecule has 1 atom stereocenters. The van der Waals surface area contributed by atoms with Crippen molar-refractivity contribution in [2.45, 2.75) is 6.42 Å². The maximum Gasteiger partial charge on any atom is 0.227 e. The Morgan fingerprint density at radius 2 is 2.21 bits per heavy atom. The predicted molar refractivity (Wildman–Crippen MR) is 67.6 cm³/mol. The van der Waals surface area contributed by atoms with Crippen LogP contribution in [0.4, 0.5) is 10.1 Å². The van der Waals surface area contributed by atoms with E-state index in [0.29, 0.717) is 11.4 Å². The molecule has 1 aliphatic rings. The van der Waals surface area contributed by atoms with Gasteiger partial charge in [-0.2, -0.15) is 0 Å². The summed E-state index contributed by atoms with van der Waals surface area (Å²) in [6.07, 6.45) is 0.104. The van der Waals surface area contributed by atoms with Gasteiger partial charge in [0.15, 0.2) is 0 Å². The van der Waals surface area contributed by atoms with Crippen LogP contribution in [0.3, 0.4) is 0 Å². The number of anilines is 1. The lowest BCUT2D eigenvalue weighted by atomic mass is 10.1. The van der Waals surface area contributed by atoms with Crippen LogP contribution in [-0.4, -0.2) is 31.6 Å². The molecule has 1 aromatic rings. The zero-order chi connectivity index (χ0) is 13.8. The Morgan fingerprint density at radius 3 is 2.84 bits per heavy atom. The molecule has 1 saturated heterocycles. The average molecular weight is 266 g/mol. The molecule has 0 spiro atoms. The Balaban J connectivity index is 2.22. The first-order valence-corrected chi connectivity index (χ1v) is 6.01. The van der Waals surface area contributed by atoms with Crippen LogP contribution in [-0.2, 0) is 9.59 Å². The third-order valence-electron chi connectivity index (χ3n) is 3.02. The molecule has 2 amide bonds. The normalized spacial score (nSPS) is 18.7. The van der Waals surface area contributed by atoms with E-state index in [0.717, 1.165) is 0 Å². The van der Waals surface area contributed by atoms with E-state index in [2.05, 4.69) is 0 Å². The molecule has 0 radical (unpaired) electrons. The van der Waals surface area contributed by atoms with Crippen molar-refractivity contribution >= 4 is 17.5 Å². The molecule has 0 aromatic heterocycles. The Bertz CT molecular complexity index is 493. The second kappa shape index (κ2) is 5.69. The fraction of sp³-hybridized carbons (Fsp3) is 0.385. The number of nitrogens with two attached hydrogens (primary N) is 1. The highest BCUT2D eigenvalue weighted by Gasteiger charge is 2.35. The zero-order valence-electron chi connectivity index (χ0n) is 10.3. The van der Waals surface area contributed by atoms with Crippen molar-refractivity contribution in [1.82, 2.24) is 0 Å².